The molecule has 0 spiro atoms. The molecule has 1 aliphatic carbocycles. The van der Waals surface area contributed by atoms with Crippen molar-refractivity contribution in [3.8, 4) is 34.6 Å². The van der Waals surface area contributed by atoms with Gasteiger partial charge in [-0.1, -0.05) is 24.1 Å². The second kappa shape index (κ2) is 13.1. The van der Waals surface area contributed by atoms with Crippen LogP contribution in [0.25, 0.3) is 11.1 Å². The predicted octanol–water partition coefficient (Wildman–Crippen LogP) is 5.15. The van der Waals surface area contributed by atoms with Gasteiger partial charge in [-0.2, -0.15) is 0 Å². The quantitative estimate of drug-likeness (QED) is 0.302. The fourth-order valence-electron chi connectivity index (χ4n) is 5.60. The van der Waals surface area contributed by atoms with E-state index >= 15 is 4.39 Å². The van der Waals surface area contributed by atoms with Crippen LogP contribution in [0.15, 0.2) is 54.7 Å². The number of aromatic nitrogens is 1. The lowest BCUT2D eigenvalue weighted by molar-refractivity contribution is -0.117. The summed E-state index contributed by atoms with van der Waals surface area (Å²) in [4.78, 5) is 18.2. The number of pyridine rings is 1. The zero-order valence-electron chi connectivity index (χ0n) is 23.9. The first-order valence-corrected chi connectivity index (χ1v) is 16.1. The average Bonchev–Trinajstić information content (AvgIpc) is 3.39. The van der Waals surface area contributed by atoms with Crippen LogP contribution in [0.1, 0.15) is 55.4 Å². The second-order valence-corrected chi connectivity index (χ2v) is 13.1. The molecule has 1 saturated heterocycles. The van der Waals surface area contributed by atoms with E-state index < -0.39 is 15.9 Å². The summed E-state index contributed by atoms with van der Waals surface area (Å²) in [6.07, 6.45) is 3.03. The Bertz CT molecular complexity index is 1580. The van der Waals surface area contributed by atoms with Gasteiger partial charge in [0.05, 0.1) is 17.4 Å². The minimum absolute atomic E-state index is 0.0864. The van der Waals surface area contributed by atoms with Crippen LogP contribution in [0, 0.1) is 17.7 Å². The first-order valence-electron chi connectivity index (χ1n) is 14.2. The average molecular weight is 591 g/mol. The van der Waals surface area contributed by atoms with Gasteiger partial charge in [0.25, 0.3) is 0 Å². The number of halogens is 1. The van der Waals surface area contributed by atoms with Crippen molar-refractivity contribution in [2.45, 2.75) is 45.1 Å². The molecule has 5 rings (SSSR count). The van der Waals surface area contributed by atoms with E-state index in [0.29, 0.717) is 62.7 Å². The molecule has 9 heteroatoms. The number of nitrogens with zero attached hydrogens (tertiary/aromatic N) is 2. The van der Waals surface area contributed by atoms with E-state index in [-0.39, 0.29) is 29.0 Å². The summed E-state index contributed by atoms with van der Waals surface area (Å²) in [5, 5.41) is 0. The third-order valence-corrected chi connectivity index (χ3v) is 9.40. The summed E-state index contributed by atoms with van der Waals surface area (Å²) in [5.41, 5.74) is 4.25. The molecule has 0 unspecified atom stereocenters. The van der Waals surface area contributed by atoms with Crippen LogP contribution in [0.5, 0.6) is 11.6 Å². The van der Waals surface area contributed by atoms with E-state index in [9.17, 15) is 13.2 Å². The predicted molar refractivity (Wildman–Crippen MR) is 160 cm³/mol. The molecule has 2 atom stereocenters. The maximum Gasteiger partial charge on any atom is 0.213 e. The van der Waals surface area contributed by atoms with Gasteiger partial charge in [-0.05, 0) is 67.6 Å². The normalized spacial score (nSPS) is 18.4. The SMILES string of the molecule is CC#C[C@@H](CC(C)=O)c1ccc(O[C@@H]2CCc3c(-c4ccc(OCCN5CCS(=O)(=O)CC5)nc4)ccc(F)c32)cc1. The summed E-state index contributed by atoms with van der Waals surface area (Å²) in [5.74, 6) is 7.16. The zero-order chi connectivity index (χ0) is 29.7. The number of sulfone groups is 1. The Kier molecular flexibility index (Phi) is 9.24. The van der Waals surface area contributed by atoms with Gasteiger partial charge in [-0.25, -0.2) is 17.8 Å². The number of rotatable bonds is 10. The summed E-state index contributed by atoms with van der Waals surface area (Å²) < 4.78 is 50.4. The third-order valence-electron chi connectivity index (χ3n) is 7.80. The molecule has 3 aromatic rings. The molecule has 7 nitrogen and oxygen atoms in total. The molecule has 220 valence electrons. The summed E-state index contributed by atoms with van der Waals surface area (Å²) in [7, 11) is -2.90. The molecule has 1 fully saturated rings. The highest BCUT2D eigenvalue weighted by molar-refractivity contribution is 7.91. The van der Waals surface area contributed by atoms with Crippen molar-refractivity contribution in [3.05, 3.63) is 77.2 Å². The number of ketones is 1. The van der Waals surface area contributed by atoms with Gasteiger partial charge in [0.1, 0.15) is 30.1 Å². The minimum Gasteiger partial charge on any atom is -0.486 e. The van der Waals surface area contributed by atoms with Crippen molar-refractivity contribution in [2.24, 2.45) is 0 Å². The first-order chi connectivity index (χ1) is 20.2. The highest BCUT2D eigenvalue weighted by Crippen LogP contribution is 2.42. The number of carbonyl (C=O) groups is 1. The number of benzene rings is 2. The van der Waals surface area contributed by atoms with Crippen LogP contribution in [0.3, 0.4) is 0 Å². The number of hydrogen-bond acceptors (Lipinski definition) is 7. The fourth-order valence-corrected chi connectivity index (χ4v) is 6.87. The van der Waals surface area contributed by atoms with E-state index in [4.69, 9.17) is 9.47 Å². The van der Waals surface area contributed by atoms with E-state index in [1.54, 1.807) is 32.2 Å². The molecule has 0 saturated carbocycles. The van der Waals surface area contributed by atoms with Crippen LogP contribution in [0.4, 0.5) is 4.39 Å². The van der Waals surface area contributed by atoms with Crippen LogP contribution in [-0.2, 0) is 21.1 Å². The van der Waals surface area contributed by atoms with Gasteiger partial charge in [-0.15, -0.1) is 5.92 Å². The Morgan fingerprint density at radius 1 is 1.12 bits per heavy atom. The molecule has 0 radical (unpaired) electrons. The Morgan fingerprint density at radius 3 is 2.55 bits per heavy atom. The topological polar surface area (TPSA) is 85.8 Å². The smallest absolute Gasteiger partial charge is 0.213 e. The van der Waals surface area contributed by atoms with Crippen molar-refractivity contribution in [1.82, 2.24) is 9.88 Å². The summed E-state index contributed by atoms with van der Waals surface area (Å²) in [6, 6.07) is 14.6. The molecule has 1 aliphatic heterocycles. The Balaban J connectivity index is 1.23. The molecule has 42 heavy (non-hydrogen) atoms. The zero-order valence-corrected chi connectivity index (χ0v) is 24.8. The van der Waals surface area contributed by atoms with Crippen molar-refractivity contribution in [3.63, 3.8) is 0 Å². The lowest BCUT2D eigenvalue weighted by Crippen LogP contribution is -2.42. The Labute approximate surface area is 247 Å². The summed E-state index contributed by atoms with van der Waals surface area (Å²) in [6.45, 7) is 5.44. The van der Waals surface area contributed by atoms with Crippen molar-refractivity contribution in [1.29, 1.82) is 0 Å². The molecule has 1 aromatic heterocycles. The van der Waals surface area contributed by atoms with Gasteiger partial charge >= 0.3 is 0 Å². The molecule has 0 amide bonds. The van der Waals surface area contributed by atoms with E-state index in [1.807, 2.05) is 30.3 Å². The monoisotopic (exact) mass is 590 g/mol. The highest BCUT2D eigenvalue weighted by atomic mass is 32.2. The maximum atomic E-state index is 15.1. The molecular weight excluding hydrogens is 555 g/mol. The van der Waals surface area contributed by atoms with E-state index in [2.05, 4.69) is 21.7 Å². The van der Waals surface area contributed by atoms with Gasteiger partial charge in [0, 0.05) is 49.4 Å². The second-order valence-electron chi connectivity index (χ2n) is 10.8. The van der Waals surface area contributed by atoms with Crippen molar-refractivity contribution >= 4 is 15.6 Å². The first kappa shape index (κ1) is 29.7. The number of Topliss-reactive ketones (excluding diaryl/α,β-unsaturated/α-hetero) is 1. The van der Waals surface area contributed by atoms with Crippen LogP contribution < -0.4 is 9.47 Å². The largest absolute Gasteiger partial charge is 0.486 e. The number of fused-ring (bicyclic) bond motifs is 1. The number of ether oxygens (including phenoxy) is 2. The van der Waals surface area contributed by atoms with Crippen molar-refractivity contribution < 1.29 is 27.1 Å². The van der Waals surface area contributed by atoms with Crippen LogP contribution >= 0.6 is 0 Å². The molecule has 2 heterocycles. The van der Waals surface area contributed by atoms with Crippen molar-refractivity contribution in [2.75, 3.05) is 37.7 Å². The van der Waals surface area contributed by atoms with Crippen LogP contribution in [-0.4, -0.2) is 61.8 Å². The fraction of sp³-hybridized carbons (Fsp3) is 0.394. The number of hydrogen-bond donors (Lipinski definition) is 0. The third kappa shape index (κ3) is 7.18. The van der Waals surface area contributed by atoms with Crippen LogP contribution in [0.2, 0.25) is 0 Å². The van der Waals surface area contributed by atoms with Gasteiger partial charge in [-0.3, -0.25) is 9.69 Å². The summed E-state index contributed by atoms with van der Waals surface area (Å²) >= 11 is 0. The van der Waals surface area contributed by atoms with Gasteiger partial charge in [0.15, 0.2) is 9.84 Å². The molecule has 2 aromatic carbocycles. The maximum absolute atomic E-state index is 15.1. The Hall–Kier alpha value is -3.74. The lowest BCUT2D eigenvalue weighted by Gasteiger charge is -2.26. The molecular formula is C33H35FN2O5S. The molecule has 2 aliphatic rings. The number of carbonyl (C=O) groups excluding carboxylic acids is 1. The Morgan fingerprint density at radius 2 is 1.88 bits per heavy atom. The van der Waals surface area contributed by atoms with E-state index in [1.165, 1.54) is 6.07 Å². The molecule has 0 N–H and O–H groups in total. The van der Waals surface area contributed by atoms with Gasteiger partial charge < -0.3 is 9.47 Å². The standard InChI is InChI=1S/C33H35FN2O5S/c1-3-4-25(21-23(2)37)24-5-8-27(9-6-24)41-31-13-11-29-28(10-12-30(34)33(29)31)26-7-14-32(35-22-26)40-18-15-36-16-19-42(38,39)20-17-36/h5-10,12,14,22,25,31H,11,13,15-21H2,1-2H3/t25-,31+/m0/s1. The molecule has 0 bridgehead atoms. The highest BCUT2D eigenvalue weighted by Gasteiger charge is 2.30. The van der Waals surface area contributed by atoms with E-state index in [0.717, 1.165) is 22.3 Å². The van der Waals surface area contributed by atoms with Gasteiger partial charge in [0.2, 0.25) is 5.88 Å². The minimum atomic E-state index is -2.90. The lowest BCUT2D eigenvalue weighted by atomic mass is 9.94.